The highest BCUT2D eigenvalue weighted by Crippen LogP contribution is 2.18. The number of aryl methyl sites for hydroxylation is 3. The molecule has 1 amide bonds. The molecular weight excluding hydrogens is 254 g/mol. The van der Waals surface area contributed by atoms with Crippen LogP contribution in [0, 0.1) is 20.8 Å². The smallest absolute Gasteiger partial charge is 0.259 e. The lowest BCUT2D eigenvalue weighted by molar-refractivity contribution is 0.102. The van der Waals surface area contributed by atoms with Gasteiger partial charge in [0.25, 0.3) is 5.91 Å². The molecule has 0 aliphatic heterocycles. The van der Waals surface area contributed by atoms with Crippen LogP contribution < -0.4 is 16.6 Å². The number of amides is 1. The monoisotopic (exact) mass is 271 g/mol. The van der Waals surface area contributed by atoms with E-state index in [9.17, 15) is 4.79 Å². The third-order valence-electron chi connectivity index (χ3n) is 2.91. The minimum absolute atomic E-state index is 0.279. The second-order valence-corrected chi connectivity index (χ2v) is 4.56. The number of hydrogen-bond acceptors (Lipinski definition) is 5. The SMILES string of the molecule is Cc1cc(NN)c(C(=O)Nc2ccc(C)nc2C)cn1. The number of rotatable bonds is 3. The maximum atomic E-state index is 12.3. The molecule has 20 heavy (non-hydrogen) atoms. The Bertz CT molecular complexity index is 654. The van der Waals surface area contributed by atoms with Crippen molar-refractivity contribution in [3.05, 3.63) is 47.0 Å². The molecule has 6 heteroatoms. The minimum atomic E-state index is -0.279. The number of aromatic nitrogens is 2. The first-order chi connectivity index (χ1) is 9.51. The van der Waals surface area contributed by atoms with Crippen molar-refractivity contribution >= 4 is 17.3 Å². The molecule has 104 valence electrons. The molecule has 2 aromatic heterocycles. The normalized spacial score (nSPS) is 10.2. The number of nitrogens with zero attached hydrogens (tertiary/aromatic N) is 2. The van der Waals surface area contributed by atoms with Crippen LogP contribution in [0.5, 0.6) is 0 Å². The summed E-state index contributed by atoms with van der Waals surface area (Å²) >= 11 is 0. The molecule has 4 N–H and O–H groups in total. The highest BCUT2D eigenvalue weighted by atomic mass is 16.1. The van der Waals surface area contributed by atoms with Gasteiger partial charge in [0.05, 0.1) is 22.6 Å². The zero-order chi connectivity index (χ0) is 14.7. The number of hydrogen-bond donors (Lipinski definition) is 3. The van der Waals surface area contributed by atoms with E-state index in [0.29, 0.717) is 16.9 Å². The topological polar surface area (TPSA) is 92.9 Å². The zero-order valence-electron chi connectivity index (χ0n) is 11.7. The predicted octanol–water partition coefficient (Wildman–Crippen LogP) is 1.94. The molecule has 0 bridgehead atoms. The predicted molar refractivity (Wildman–Crippen MR) is 78.4 cm³/mol. The van der Waals surface area contributed by atoms with Crippen molar-refractivity contribution in [3.63, 3.8) is 0 Å². The summed E-state index contributed by atoms with van der Waals surface area (Å²) in [5.41, 5.74) is 6.55. The summed E-state index contributed by atoms with van der Waals surface area (Å²) in [6.45, 7) is 5.58. The van der Waals surface area contributed by atoms with E-state index in [2.05, 4.69) is 20.7 Å². The van der Waals surface area contributed by atoms with Gasteiger partial charge in [0.15, 0.2) is 0 Å². The number of anilines is 2. The number of pyridine rings is 2. The molecule has 0 saturated heterocycles. The van der Waals surface area contributed by atoms with Crippen LogP contribution >= 0.6 is 0 Å². The first-order valence-corrected chi connectivity index (χ1v) is 6.20. The lowest BCUT2D eigenvalue weighted by Gasteiger charge is -2.11. The molecule has 0 aliphatic rings. The molecule has 0 radical (unpaired) electrons. The second-order valence-electron chi connectivity index (χ2n) is 4.56. The summed E-state index contributed by atoms with van der Waals surface area (Å²) in [7, 11) is 0. The Labute approximate surface area is 117 Å². The quantitative estimate of drug-likeness (QED) is 0.586. The third kappa shape index (κ3) is 2.92. The molecule has 2 aromatic rings. The van der Waals surface area contributed by atoms with Gasteiger partial charge in [-0.05, 0) is 39.0 Å². The average molecular weight is 271 g/mol. The number of carbonyl (C=O) groups excluding carboxylic acids is 1. The fraction of sp³-hybridized carbons (Fsp3) is 0.214. The molecule has 0 fully saturated rings. The Morgan fingerprint density at radius 1 is 1.15 bits per heavy atom. The second kappa shape index (κ2) is 5.66. The maximum absolute atomic E-state index is 12.3. The van der Waals surface area contributed by atoms with E-state index in [1.807, 2.05) is 32.9 Å². The van der Waals surface area contributed by atoms with Crippen molar-refractivity contribution in [1.82, 2.24) is 9.97 Å². The maximum Gasteiger partial charge on any atom is 0.259 e. The first-order valence-electron chi connectivity index (χ1n) is 6.20. The molecule has 0 aliphatic carbocycles. The molecule has 0 spiro atoms. The molecule has 0 saturated carbocycles. The number of nitrogen functional groups attached to an aromatic ring is 1. The summed E-state index contributed by atoms with van der Waals surface area (Å²) < 4.78 is 0. The number of nitrogens with two attached hydrogens (primary N) is 1. The Morgan fingerprint density at radius 2 is 1.90 bits per heavy atom. The van der Waals surface area contributed by atoms with E-state index in [-0.39, 0.29) is 5.91 Å². The molecule has 2 heterocycles. The zero-order valence-corrected chi connectivity index (χ0v) is 11.7. The lowest BCUT2D eigenvalue weighted by atomic mass is 10.2. The van der Waals surface area contributed by atoms with Crippen LogP contribution in [-0.2, 0) is 0 Å². The fourth-order valence-corrected chi connectivity index (χ4v) is 1.87. The van der Waals surface area contributed by atoms with Gasteiger partial charge >= 0.3 is 0 Å². The summed E-state index contributed by atoms with van der Waals surface area (Å²) in [6.07, 6.45) is 1.50. The summed E-state index contributed by atoms with van der Waals surface area (Å²) in [4.78, 5) is 20.7. The minimum Gasteiger partial charge on any atom is -0.323 e. The van der Waals surface area contributed by atoms with Crippen LogP contribution in [0.3, 0.4) is 0 Å². The van der Waals surface area contributed by atoms with Crippen molar-refractivity contribution in [2.24, 2.45) is 5.84 Å². The van der Waals surface area contributed by atoms with Gasteiger partial charge < -0.3 is 10.7 Å². The molecule has 0 unspecified atom stereocenters. The van der Waals surface area contributed by atoms with Gasteiger partial charge in [-0.15, -0.1) is 0 Å². The van der Waals surface area contributed by atoms with Crippen molar-refractivity contribution < 1.29 is 4.79 Å². The first kappa shape index (κ1) is 14.0. The molecule has 0 aromatic carbocycles. The van der Waals surface area contributed by atoms with E-state index >= 15 is 0 Å². The molecule has 6 nitrogen and oxygen atoms in total. The standard InChI is InChI=1S/C14H17N5O/c1-8-4-5-12(10(3)17-8)18-14(20)11-7-16-9(2)6-13(11)19-15/h4-7H,15H2,1-3H3,(H,16,19)(H,18,20). The molecule has 2 rings (SSSR count). The number of hydrazine groups is 1. The van der Waals surface area contributed by atoms with E-state index in [4.69, 9.17) is 5.84 Å². The van der Waals surface area contributed by atoms with Crippen LogP contribution in [0.2, 0.25) is 0 Å². The largest absolute Gasteiger partial charge is 0.323 e. The van der Waals surface area contributed by atoms with Crippen molar-refractivity contribution in [2.45, 2.75) is 20.8 Å². The Kier molecular flexibility index (Phi) is 3.95. The van der Waals surface area contributed by atoms with Crippen molar-refractivity contribution in [1.29, 1.82) is 0 Å². The van der Waals surface area contributed by atoms with Gasteiger partial charge in [-0.1, -0.05) is 0 Å². The molecular formula is C14H17N5O. The van der Waals surface area contributed by atoms with Crippen LogP contribution in [-0.4, -0.2) is 15.9 Å². The van der Waals surface area contributed by atoms with Gasteiger partial charge in [0, 0.05) is 17.6 Å². The van der Waals surface area contributed by atoms with Crippen LogP contribution in [0.25, 0.3) is 0 Å². The van der Waals surface area contributed by atoms with Crippen LogP contribution in [0.4, 0.5) is 11.4 Å². The number of nitrogens with one attached hydrogen (secondary N) is 2. The third-order valence-corrected chi connectivity index (χ3v) is 2.91. The summed E-state index contributed by atoms with van der Waals surface area (Å²) in [6, 6.07) is 5.39. The summed E-state index contributed by atoms with van der Waals surface area (Å²) in [5, 5.41) is 2.81. The van der Waals surface area contributed by atoms with Crippen LogP contribution in [0.1, 0.15) is 27.4 Å². The van der Waals surface area contributed by atoms with Gasteiger partial charge in [0.2, 0.25) is 0 Å². The van der Waals surface area contributed by atoms with Gasteiger partial charge in [-0.3, -0.25) is 20.6 Å². The van der Waals surface area contributed by atoms with Gasteiger partial charge in [-0.2, -0.15) is 0 Å². The Balaban J connectivity index is 2.28. The van der Waals surface area contributed by atoms with E-state index in [1.54, 1.807) is 6.07 Å². The highest BCUT2D eigenvalue weighted by molar-refractivity contribution is 6.08. The van der Waals surface area contributed by atoms with E-state index in [1.165, 1.54) is 6.20 Å². The van der Waals surface area contributed by atoms with E-state index in [0.717, 1.165) is 17.1 Å². The molecule has 0 atom stereocenters. The fourth-order valence-electron chi connectivity index (χ4n) is 1.87. The van der Waals surface area contributed by atoms with Crippen LogP contribution in [0.15, 0.2) is 24.4 Å². The Hall–Kier alpha value is -2.47. The van der Waals surface area contributed by atoms with Gasteiger partial charge in [-0.25, -0.2) is 0 Å². The van der Waals surface area contributed by atoms with E-state index < -0.39 is 0 Å². The summed E-state index contributed by atoms with van der Waals surface area (Å²) in [5.74, 6) is 5.15. The van der Waals surface area contributed by atoms with Crippen molar-refractivity contribution in [3.8, 4) is 0 Å². The van der Waals surface area contributed by atoms with Crippen molar-refractivity contribution in [2.75, 3.05) is 10.7 Å². The average Bonchev–Trinajstić information content (AvgIpc) is 2.41. The highest BCUT2D eigenvalue weighted by Gasteiger charge is 2.13. The van der Waals surface area contributed by atoms with Gasteiger partial charge in [0.1, 0.15) is 0 Å². The Morgan fingerprint density at radius 3 is 2.55 bits per heavy atom. The number of carbonyl (C=O) groups is 1. The lowest BCUT2D eigenvalue weighted by Crippen LogP contribution is -2.18.